The number of β-amino-alcohol motifs (C(OH)–C–C–N with tert-alkyl or cyclic N) is 1. The summed E-state index contributed by atoms with van der Waals surface area (Å²) in [6.07, 6.45) is 4.73. The number of rotatable bonds is 2. The molecule has 1 saturated heterocycles. The molecule has 0 radical (unpaired) electrons. The molecule has 2 atom stereocenters. The smallest absolute Gasteiger partial charge is 0.250 e. The van der Waals surface area contributed by atoms with Crippen LogP contribution in [0, 0.1) is 5.92 Å². The molecule has 0 saturated carbocycles. The average molecular weight is 300 g/mol. The predicted octanol–water partition coefficient (Wildman–Crippen LogP) is 2.21. The molecule has 1 amide bonds. The van der Waals surface area contributed by atoms with Gasteiger partial charge in [-0.2, -0.15) is 0 Å². The van der Waals surface area contributed by atoms with E-state index >= 15 is 0 Å². The Kier molecular flexibility index (Phi) is 3.21. The molecule has 1 aliphatic carbocycles. The fraction of sp³-hybridized carbons (Fsp3) is 0.615. The number of amides is 1. The van der Waals surface area contributed by atoms with Crippen LogP contribution in [0.5, 0.6) is 0 Å². The van der Waals surface area contributed by atoms with E-state index in [1.807, 2.05) is 12.2 Å². The molecule has 1 N–H and O–H groups in total. The SMILES string of the molecule is CC1C2CC(Br)=CC=C2C(=O)N1CC(C)(C)O. The molecule has 0 aromatic carbocycles. The Morgan fingerprint density at radius 2 is 2.18 bits per heavy atom. The zero-order valence-electron chi connectivity index (χ0n) is 10.4. The van der Waals surface area contributed by atoms with Crippen LogP contribution in [0.15, 0.2) is 22.2 Å². The Balaban J connectivity index is 2.23. The summed E-state index contributed by atoms with van der Waals surface area (Å²) < 4.78 is 1.14. The van der Waals surface area contributed by atoms with Gasteiger partial charge in [0, 0.05) is 24.1 Å². The number of aliphatic hydroxyl groups is 1. The lowest BCUT2D eigenvalue weighted by molar-refractivity contribution is -0.129. The van der Waals surface area contributed by atoms with E-state index in [9.17, 15) is 9.90 Å². The maximum absolute atomic E-state index is 12.2. The number of halogens is 1. The summed E-state index contributed by atoms with van der Waals surface area (Å²) >= 11 is 3.49. The van der Waals surface area contributed by atoms with Gasteiger partial charge >= 0.3 is 0 Å². The fourth-order valence-electron chi connectivity index (χ4n) is 2.55. The first-order chi connectivity index (χ1) is 7.79. The number of hydrogen-bond donors (Lipinski definition) is 1. The van der Waals surface area contributed by atoms with E-state index in [-0.39, 0.29) is 17.9 Å². The van der Waals surface area contributed by atoms with Gasteiger partial charge in [0.15, 0.2) is 0 Å². The molecule has 1 heterocycles. The fourth-order valence-corrected chi connectivity index (χ4v) is 3.03. The van der Waals surface area contributed by atoms with Crippen LogP contribution in [0.25, 0.3) is 0 Å². The second kappa shape index (κ2) is 4.25. The molecule has 3 nitrogen and oxygen atoms in total. The van der Waals surface area contributed by atoms with Crippen molar-refractivity contribution in [1.29, 1.82) is 0 Å². The van der Waals surface area contributed by atoms with Gasteiger partial charge in [0.2, 0.25) is 0 Å². The van der Waals surface area contributed by atoms with Crippen molar-refractivity contribution in [2.45, 2.75) is 38.8 Å². The highest BCUT2D eigenvalue weighted by Gasteiger charge is 2.43. The van der Waals surface area contributed by atoms with Gasteiger partial charge < -0.3 is 10.0 Å². The van der Waals surface area contributed by atoms with E-state index in [0.717, 1.165) is 16.5 Å². The molecule has 4 heteroatoms. The van der Waals surface area contributed by atoms with Crippen molar-refractivity contribution in [1.82, 2.24) is 4.90 Å². The highest BCUT2D eigenvalue weighted by Crippen LogP contribution is 2.39. The van der Waals surface area contributed by atoms with Crippen LogP contribution in [-0.4, -0.2) is 34.1 Å². The number of nitrogens with zero attached hydrogens (tertiary/aromatic N) is 1. The minimum Gasteiger partial charge on any atom is -0.389 e. The van der Waals surface area contributed by atoms with Crippen LogP contribution >= 0.6 is 15.9 Å². The lowest BCUT2D eigenvalue weighted by atomic mass is 9.89. The number of carbonyl (C=O) groups excluding carboxylic acids is 1. The third kappa shape index (κ3) is 2.47. The Morgan fingerprint density at radius 3 is 2.76 bits per heavy atom. The van der Waals surface area contributed by atoms with Crippen LogP contribution < -0.4 is 0 Å². The summed E-state index contributed by atoms with van der Waals surface area (Å²) in [6.45, 7) is 5.91. The zero-order chi connectivity index (χ0) is 12.8. The van der Waals surface area contributed by atoms with Gasteiger partial charge in [-0.1, -0.05) is 28.1 Å². The van der Waals surface area contributed by atoms with Crippen molar-refractivity contribution in [2.75, 3.05) is 6.54 Å². The normalized spacial score (nSPS) is 29.0. The molecule has 0 aromatic heterocycles. The van der Waals surface area contributed by atoms with Gasteiger partial charge in [-0.25, -0.2) is 0 Å². The summed E-state index contributed by atoms with van der Waals surface area (Å²) in [5.41, 5.74) is 0.0350. The van der Waals surface area contributed by atoms with E-state index in [2.05, 4.69) is 22.9 Å². The van der Waals surface area contributed by atoms with Crippen molar-refractivity contribution >= 4 is 21.8 Å². The second-order valence-corrected chi connectivity index (χ2v) is 6.55. The molecular weight excluding hydrogens is 282 g/mol. The standard InChI is InChI=1S/C13H18BrNO2/c1-8-11-6-9(14)4-5-10(11)12(16)15(8)7-13(2,3)17/h4-5,8,11,17H,6-7H2,1-3H3. The molecular formula is C13H18BrNO2. The molecule has 17 heavy (non-hydrogen) atoms. The number of hydrogen-bond acceptors (Lipinski definition) is 2. The lowest BCUT2D eigenvalue weighted by Gasteiger charge is -2.30. The van der Waals surface area contributed by atoms with Gasteiger partial charge in [0.25, 0.3) is 5.91 Å². The molecule has 94 valence electrons. The van der Waals surface area contributed by atoms with Crippen molar-refractivity contribution < 1.29 is 9.90 Å². The molecule has 0 bridgehead atoms. The highest BCUT2D eigenvalue weighted by atomic mass is 79.9. The Labute approximate surface area is 110 Å². The second-order valence-electron chi connectivity index (χ2n) is 5.53. The summed E-state index contributed by atoms with van der Waals surface area (Å²) in [5.74, 6) is 0.324. The van der Waals surface area contributed by atoms with Crippen molar-refractivity contribution in [3.8, 4) is 0 Å². The zero-order valence-corrected chi connectivity index (χ0v) is 12.0. The van der Waals surface area contributed by atoms with Crippen LogP contribution in [0.1, 0.15) is 27.2 Å². The van der Waals surface area contributed by atoms with Crippen molar-refractivity contribution in [2.24, 2.45) is 5.92 Å². The van der Waals surface area contributed by atoms with Crippen molar-refractivity contribution in [3.05, 3.63) is 22.2 Å². The number of allylic oxidation sites excluding steroid dienone is 3. The van der Waals surface area contributed by atoms with E-state index in [1.165, 1.54) is 0 Å². The topological polar surface area (TPSA) is 40.5 Å². The summed E-state index contributed by atoms with van der Waals surface area (Å²) in [6, 6.07) is 0.154. The molecule has 2 rings (SSSR count). The Bertz CT molecular complexity index is 406. The van der Waals surface area contributed by atoms with E-state index in [1.54, 1.807) is 18.7 Å². The summed E-state index contributed by atoms with van der Waals surface area (Å²) in [7, 11) is 0. The number of likely N-dealkylation sites (tertiary alicyclic amines) is 1. The van der Waals surface area contributed by atoms with Crippen LogP contribution in [0.2, 0.25) is 0 Å². The largest absolute Gasteiger partial charge is 0.389 e. The van der Waals surface area contributed by atoms with E-state index < -0.39 is 5.60 Å². The quantitative estimate of drug-likeness (QED) is 0.849. The van der Waals surface area contributed by atoms with Crippen molar-refractivity contribution in [3.63, 3.8) is 0 Å². The van der Waals surface area contributed by atoms with Crippen LogP contribution in [0.4, 0.5) is 0 Å². The maximum atomic E-state index is 12.2. The molecule has 0 aromatic rings. The number of carbonyl (C=O) groups is 1. The minimum absolute atomic E-state index is 0.0703. The molecule has 1 fully saturated rings. The minimum atomic E-state index is -0.845. The molecule has 2 unspecified atom stereocenters. The van der Waals surface area contributed by atoms with Crippen LogP contribution in [-0.2, 0) is 4.79 Å². The van der Waals surface area contributed by atoms with Crippen LogP contribution in [0.3, 0.4) is 0 Å². The average Bonchev–Trinajstić information content (AvgIpc) is 2.42. The van der Waals surface area contributed by atoms with Gasteiger partial charge in [-0.05, 0) is 31.7 Å². The summed E-state index contributed by atoms with van der Waals surface area (Å²) in [5, 5.41) is 9.86. The molecule has 1 aliphatic heterocycles. The van der Waals surface area contributed by atoms with Gasteiger partial charge in [-0.15, -0.1) is 0 Å². The van der Waals surface area contributed by atoms with E-state index in [0.29, 0.717) is 6.54 Å². The third-order valence-corrected chi connectivity index (χ3v) is 3.99. The Morgan fingerprint density at radius 1 is 1.53 bits per heavy atom. The summed E-state index contributed by atoms with van der Waals surface area (Å²) in [4.78, 5) is 14.0. The first-order valence-electron chi connectivity index (χ1n) is 5.89. The monoisotopic (exact) mass is 299 g/mol. The van der Waals surface area contributed by atoms with Gasteiger partial charge in [0.05, 0.1) is 5.60 Å². The first-order valence-corrected chi connectivity index (χ1v) is 6.68. The molecule has 0 spiro atoms. The predicted molar refractivity (Wildman–Crippen MR) is 70.7 cm³/mol. The third-order valence-electron chi connectivity index (χ3n) is 3.40. The van der Waals surface area contributed by atoms with E-state index in [4.69, 9.17) is 0 Å². The lowest BCUT2D eigenvalue weighted by Crippen LogP contribution is -2.43. The van der Waals surface area contributed by atoms with Gasteiger partial charge in [-0.3, -0.25) is 4.79 Å². The maximum Gasteiger partial charge on any atom is 0.250 e. The highest BCUT2D eigenvalue weighted by molar-refractivity contribution is 9.11. The number of fused-ring (bicyclic) bond motifs is 1. The molecule has 2 aliphatic rings. The first kappa shape index (κ1) is 12.8. The Hall–Kier alpha value is -0.610. The van der Waals surface area contributed by atoms with Gasteiger partial charge in [0.1, 0.15) is 0 Å².